The lowest BCUT2D eigenvalue weighted by atomic mass is 9.91. The molecule has 2 heterocycles. The van der Waals surface area contributed by atoms with Crippen molar-refractivity contribution in [2.75, 3.05) is 37.6 Å². The number of piperidine rings is 1. The summed E-state index contributed by atoms with van der Waals surface area (Å²) in [6.45, 7) is 3.72. The van der Waals surface area contributed by atoms with Gasteiger partial charge in [0.1, 0.15) is 0 Å². The summed E-state index contributed by atoms with van der Waals surface area (Å²) >= 11 is 5.77. The predicted octanol–water partition coefficient (Wildman–Crippen LogP) is 0.696. The highest BCUT2D eigenvalue weighted by Gasteiger charge is 2.19. The Kier molecular flexibility index (Phi) is 9.73. The quantitative estimate of drug-likeness (QED) is 0.169. The lowest BCUT2D eigenvalue weighted by molar-refractivity contribution is -0.118. The molecular formula is C19H32ClN9O2. The minimum absolute atomic E-state index is 0.0590. The van der Waals surface area contributed by atoms with E-state index in [1.165, 1.54) is 0 Å². The van der Waals surface area contributed by atoms with Gasteiger partial charge in [0.25, 0.3) is 5.91 Å². The second kappa shape index (κ2) is 12.3. The van der Waals surface area contributed by atoms with Crippen LogP contribution < -0.4 is 27.8 Å². The number of likely N-dealkylation sites (tertiary alicyclic amines) is 1. The summed E-state index contributed by atoms with van der Waals surface area (Å²) in [4.78, 5) is 33.0. The molecule has 0 atom stereocenters. The van der Waals surface area contributed by atoms with E-state index in [1.807, 2.05) is 0 Å². The van der Waals surface area contributed by atoms with Gasteiger partial charge in [0.05, 0.1) is 0 Å². The predicted molar refractivity (Wildman–Crippen MR) is 121 cm³/mol. The van der Waals surface area contributed by atoms with Crippen LogP contribution in [0.5, 0.6) is 0 Å². The molecule has 0 spiro atoms. The molecule has 9 N–H and O–H groups in total. The Hall–Kier alpha value is -2.66. The van der Waals surface area contributed by atoms with Crippen LogP contribution in [0.25, 0.3) is 0 Å². The summed E-state index contributed by atoms with van der Waals surface area (Å²) in [5.41, 5.74) is 16.1. The van der Waals surface area contributed by atoms with Gasteiger partial charge in [-0.2, -0.15) is 0 Å². The van der Waals surface area contributed by atoms with E-state index in [0.29, 0.717) is 18.9 Å². The van der Waals surface area contributed by atoms with Gasteiger partial charge in [-0.05, 0) is 64.1 Å². The van der Waals surface area contributed by atoms with E-state index in [1.54, 1.807) is 0 Å². The third-order valence-corrected chi connectivity index (χ3v) is 5.58. The lowest BCUT2D eigenvalue weighted by Crippen LogP contribution is -2.41. The summed E-state index contributed by atoms with van der Waals surface area (Å²) in [6.07, 6.45) is 6.63. The number of primary amides is 1. The Morgan fingerprint density at radius 2 is 1.84 bits per heavy atom. The molecule has 11 nitrogen and oxygen atoms in total. The molecule has 2 amide bonds. The molecule has 0 unspecified atom stereocenters. The zero-order valence-corrected chi connectivity index (χ0v) is 18.4. The van der Waals surface area contributed by atoms with Gasteiger partial charge in [-0.3, -0.25) is 20.3 Å². The van der Waals surface area contributed by atoms with Gasteiger partial charge in [0.15, 0.2) is 28.4 Å². The fourth-order valence-electron chi connectivity index (χ4n) is 3.56. The van der Waals surface area contributed by atoms with Crippen LogP contribution in [0.2, 0.25) is 5.15 Å². The number of halogens is 1. The number of carbonyl (C=O) groups excluding carboxylic acids is 2. The number of guanidine groups is 1. The minimum atomic E-state index is -0.678. The molecule has 1 fully saturated rings. The number of anilines is 2. The van der Waals surface area contributed by atoms with Crippen molar-refractivity contribution in [2.24, 2.45) is 11.7 Å². The first kappa shape index (κ1) is 24.6. The third-order valence-electron chi connectivity index (χ3n) is 5.30. The van der Waals surface area contributed by atoms with Gasteiger partial charge in [-0.1, -0.05) is 11.6 Å². The number of amides is 2. The van der Waals surface area contributed by atoms with Crippen molar-refractivity contribution >= 4 is 41.0 Å². The van der Waals surface area contributed by atoms with E-state index in [-0.39, 0.29) is 34.3 Å². The molecule has 12 heteroatoms. The highest BCUT2D eigenvalue weighted by atomic mass is 35.5. The molecule has 1 saturated heterocycles. The maximum atomic E-state index is 12.2. The van der Waals surface area contributed by atoms with Gasteiger partial charge in [-0.15, -0.1) is 0 Å². The van der Waals surface area contributed by atoms with Crippen molar-refractivity contribution in [3.05, 3.63) is 10.8 Å². The average molecular weight is 454 g/mol. The van der Waals surface area contributed by atoms with Crippen LogP contribution in [-0.4, -0.2) is 58.8 Å². The largest absolute Gasteiger partial charge is 0.382 e. The average Bonchev–Trinajstić information content (AvgIpc) is 2.71. The van der Waals surface area contributed by atoms with Gasteiger partial charge < -0.3 is 27.4 Å². The highest BCUT2D eigenvalue weighted by molar-refractivity contribution is 6.31. The first-order valence-corrected chi connectivity index (χ1v) is 10.9. The maximum absolute atomic E-state index is 12.2. The topological polar surface area (TPSA) is 189 Å². The standard InChI is InChI=1S/C19H32ClN9O2/c20-15-17(23)27-16(22)14(26-15)18(31)28-19(24)25-8-1-2-9-29-10-6-12(7-11-29)4-3-5-13(21)30/h12H,1-11H2,(H2,21,30)(H4,22,23,27)(H3,24,25,28,31). The zero-order valence-electron chi connectivity index (χ0n) is 17.6. The molecular weight excluding hydrogens is 422 g/mol. The Morgan fingerprint density at radius 1 is 1.13 bits per heavy atom. The van der Waals surface area contributed by atoms with Crippen molar-refractivity contribution in [3.8, 4) is 0 Å². The number of unbranched alkanes of at least 4 members (excludes halogenated alkanes) is 1. The molecule has 0 aromatic carbocycles. The number of aromatic nitrogens is 2. The lowest BCUT2D eigenvalue weighted by Gasteiger charge is -2.32. The first-order chi connectivity index (χ1) is 14.8. The smallest absolute Gasteiger partial charge is 0.280 e. The second-order valence-corrected chi connectivity index (χ2v) is 8.10. The number of rotatable bonds is 10. The Bertz CT molecular complexity index is 782. The SMILES string of the molecule is N=C(NCCCCN1CCC(CCCC(N)=O)CC1)NC(=O)c1nc(Cl)c(N)nc1N. The molecule has 0 bridgehead atoms. The number of nitrogens with one attached hydrogen (secondary N) is 3. The molecule has 1 aromatic rings. The van der Waals surface area contributed by atoms with Crippen molar-refractivity contribution < 1.29 is 9.59 Å². The fraction of sp³-hybridized carbons (Fsp3) is 0.632. The van der Waals surface area contributed by atoms with E-state index in [9.17, 15) is 9.59 Å². The van der Waals surface area contributed by atoms with Crippen LogP contribution in [0.15, 0.2) is 0 Å². The van der Waals surface area contributed by atoms with Crippen molar-refractivity contribution in [3.63, 3.8) is 0 Å². The number of carbonyl (C=O) groups is 2. The summed E-state index contributed by atoms with van der Waals surface area (Å²) < 4.78 is 0. The van der Waals surface area contributed by atoms with Crippen molar-refractivity contribution in [1.82, 2.24) is 25.5 Å². The first-order valence-electron chi connectivity index (χ1n) is 10.5. The van der Waals surface area contributed by atoms with E-state index in [4.69, 9.17) is 34.2 Å². The monoisotopic (exact) mass is 453 g/mol. The van der Waals surface area contributed by atoms with E-state index in [0.717, 1.165) is 58.2 Å². The highest BCUT2D eigenvalue weighted by Crippen LogP contribution is 2.22. The molecule has 0 aliphatic carbocycles. The van der Waals surface area contributed by atoms with E-state index >= 15 is 0 Å². The van der Waals surface area contributed by atoms with Crippen LogP contribution in [0, 0.1) is 11.3 Å². The number of nitrogen functional groups attached to an aromatic ring is 2. The zero-order chi connectivity index (χ0) is 22.8. The van der Waals surface area contributed by atoms with Crippen LogP contribution in [-0.2, 0) is 4.79 Å². The number of hydrogen-bond donors (Lipinski definition) is 6. The van der Waals surface area contributed by atoms with Crippen molar-refractivity contribution in [1.29, 1.82) is 5.41 Å². The third kappa shape index (κ3) is 8.54. The second-order valence-electron chi connectivity index (χ2n) is 7.74. The normalized spacial score (nSPS) is 14.9. The molecule has 0 radical (unpaired) electrons. The van der Waals surface area contributed by atoms with Gasteiger partial charge in [0, 0.05) is 13.0 Å². The molecule has 1 aliphatic rings. The Balaban J connectivity index is 1.57. The van der Waals surface area contributed by atoms with Crippen LogP contribution in [0.1, 0.15) is 55.4 Å². The summed E-state index contributed by atoms with van der Waals surface area (Å²) in [6, 6.07) is 0. The van der Waals surface area contributed by atoms with Crippen LogP contribution >= 0.6 is 11.6 Å². The molecule has 31 heavy (non-hydrogen) atoms. The summed E-state index contributed by atoms with van der Waals surface area (Å²) in [5, 5.41) is 12.9. The van der Waals surface area contributed by atoms with E-state index < -0.39 is 5.91 Å². The summed E-state index contributed by atoms with van der Waals surface area (Å²) in [5.74, 6) is -0.554. The van der Waals surface area contributed by atoms with Gasteiger partial charge in [0.2, 0.25) is 5.91 Å². The molecule has 2 rings (SSSR count). The fourth-order valence-corrected chi connectivity index (χ4v) is 3.69. The Labute approximate surface area is 187 Å². The van der Waals surface area contributed by atoms with Crippen molar-refractivity contribution in [2.45, 2.75) is 44.9 Å². The maximum Gasteiger partial charge on any atom is 0.280 e. The number of nitrogens with two attached hydrogens (primary N) is 3. The number of hydrogen-bond acceptors (Lipinski definition) is 8. The van der Waals surface area contributed by atoms with Gasteiger partial charge >= 0.3 is 0 Å². The Morgan fingerprint density at radius 3 is 2.52 bits per heavy atom. The summed E-state index contributed by atoms with van der Waals surface area (Å²) in [7, 11) is 0. The van der Waals surface area contributed by atoms with Gasteiger partial charge in [-0.25, -0.2) is 9.97 Å². The molecule has 0 saturated carbocycles. The number of nitrogens with zero attached hydrogens (tertiary/aromatic N) is 3. The molecule has 1 aliphatic heterocycles. The molecule has 1 aromatic heterocycles. The van der Waals surface area contributed by atoms with Crippen LogP contribution in [0.4, 0.5) is 11.6 Å². The molecule has 172 valence electrons. The minimum Gasteiger partial charge on any atom is -0.382 e. The van der Waals surface area contributed by atoms with Crippen LogP contribution in [0.3, 0.4) is 0 Å². The van der Waals surface area contributed by atoms with E-state index in [2.05, 4.69) is 25.5 Å².